The molecule has 1 aliphatic heterocycles. The lowest BCUT2D eigenvalue weighted by atomic mass is 10.0. The molecule has 1 fully saturated rings. The van der Waals surface area contributed by atoms with Crippen molar-refractivity contribution in [3.63, 3.8) is 0 Å². The molecule has 0 aromatic carbocycles. The van der Waals surface area contributed by atoms with Crippen LogP contribution in [0.5, 0.6) is 0 Å². The lowest BCUT2D eigenvalue weighted by molar-refractivity contribution is -0.126. The fourth-order valence-corrected chi connectivity index (χ4v) is 2.46. The fourth-order valence-electron chi connectivity index (χ4n) is 2.46. The zero-order valence-electron chi connectivity index (χ0n) is 12.4. The summed E-state index contributed by atoms with van der Waals surface area (Å²) in [4.78, 5) is 0. The first-order chi connectivity index (χ1) is 8.43. The highest BCUT2D eigenvalue weighted by Gasteiger charge is 2.40. The molecule has 4 atom stereocenters. The van der Waals surface area contributed by atoms with Gasteiger partial charge in [-0.25, -0.2) is 0 Å². The van der Waals surface area contributed by atoms with Crippen LogP contribution < -0.4 is 0 Å². The summed E-state index contributed by atoms with van der Waals surface area (Å²) in [5.41, 5.74) is 0. The van der Waals surface area contributed by atoms with Gasteiger partial charge in [0.2, 0.25) is 0 Å². The highest BCUT2D eigenvalue weighted by Crippen LogP contribution is 2.29. The average Bonchev–Trinajstić information content (AvgIpc) is 2.57. The van der Waals surface area contributed by atoms with E-state index in [1.54, 1.807) is 0 Å². The van der Waals surface area contributed by atoms with Crippen LogP contribution in [0.4, 0.5) is 0 Å². The first-order valence-corrected chi connectivity index (χ1v) is 7.01. The summed E-state index contributed by atoms with van der Waals surface area (Å²) in [7, 11) is 0. The smallest absolute Gasteiger partial charge is 0.110 e. The zero-order valence-corrected chi connectivity index (χ0v) is 12.4. The lowest BCUT2D eigenvalue weighted by Crippen LogP contribution is -2.40. The minimum atomic E-state index is 0.0165. The Bertz CT molecular complexity index is 250. The molecule has 0 unspecified atom stereocenters. The van der Waals surface area contributed by atoms with Crippen molar-refractivity contribution in [1.82, 2.24) is 0 Å². The van der Waals surface area contributed by atoms with E-state index in [4.69, 9.17) is 14.2 Å². The highest BCUT2D eigenvalue weighted by atomic mass is 16.6. The van der Waals surface area contributed by atoms with Crippen LogP contribution in [0.2, 0.25) is 0 Å². The van der Waals surface area contributed by atoms with Crippen LogP contribution in [0.15, 0.2) is 12.7 Å². The summed E-state index contributed by atoms with van der Waals surface area (Å²) in [6, 6.07) is 0. The second-order valence-corrected chi connectivity index (χ2v) is 5.62. The van der Waals surface area contributed by atoms with E-state index in [2.05, 4.69) is 27.4 Å². The van der Waals surface area contributed by atoms with E-state index < -0.39 is 0 Å². The third-order valence-corrected chi connectivity index (χ3v) is 2.98. The zero-order chi connectivity index (χ0) is 13.7. The van der Waals surface area contributed by atoms with Crippen LogP contribution in [0, 0.1) is 0 Å². The van der Waals surface area contributed by atoms with Gasteiger partial charge < -0.3 is 14.2 Å². The van der Waals surface area contributed by atoms with Gasteiger partial charge in [0.15, 0.2) is 0 Å². The molecule has 0 amide bonds. The predicted octanol–water partition coefficient (Wildman–Crippen LogP) is 3.33. The maximum Gasteiger partial charge on any atom is 0.110 e. The number of ether oxygens (including phenoxy) is 3. The summed E-state index contributed by atoms with van der Waals surface area (Å²) < 4.78 is 17.9. The van der Waals surface area contributed by atoms with Gasteiger partial charge in [-0.05, 0) is 41.0 Å². The van der Waals surface area contributed by atoms with Crippen LogP contribution in [-0.2, 0) is 14.2 Å². The first kappa shape index (κ1) is 15.7. The Morgan fingerprint density at radius 1 is 1.28 bits per heavy atom. The quantitative estimate of drug-likeness (QED) is 0.654. The van der Waals surface area contributed by atoms with Crippen molar-refractivity contribution in [3.05, 3.63) is 12.7 Å². The molecular formula is C15H28O3. The standard InChI is InChI=1S/C15H28O3/c1-7-8-13(16-10(2)3)15-14(17-11(4)5)9-12(6)18-15/h7,10-15H,1,8-9H2,2-6H3/t12-,13+,14-,15+/m0/s1. The van der Waals surface area contributed by atoms with Gasteiger partial charge in [-0.2, -0.15) is 0 Å². The van der Waals surface area contributed by atoms with Crippen LogP contribution in [0.3, 0.4) is 0 Å². The van der Waals surface area contributed by atoms with Crippen molar-refractivity contribution in [1.29, 1.82) is 0 Å². The lowest BCUT2D eigenvalue weighted by Gasteiger charge is -2.29. The largest absolute Gasteiger partial charge is 0.373 e. The van der Waals surface area contributed by atoms with E-state index >= 15 is 0 Å². The number of hydrogen-bond acceptors (Lipinski definition) is 3. The second-order valence-electron chi connectivity index (χ2n) is 5.62. The molecule has 3 nitrogen and oxygen atoms in total. The molecule has 0 radical (unpaired) electrons. The van der Waals surface area contributed by atoms with Crippen molar-refractivity contribution >= 4 is 0 Å². The average molecular weight is 256 g/mol. The first-order valence-electron chi connectivity index (χ1n) is 7.01. The van der Waals surface area contributed by atoms with Gasteiger partial charge in [0.05, 0.1) is 30.5 Å². The molecule has 1 saturated heterocycles. The molecule has 106 valence electrons. The molecule has 0 spiro atoms. The molecule has 0 aliphatic carbocycles. The van der Waals surface area contributed by atoms with Gasteiger partial charge in [0.1, 0.15) is 6.10 Å². The van der Waals surface area contributed by atoms with Crippen LogP contribution in [0.1, 0.15) is 47.5 Å². The fraction of sp³-hybridized carbons (Fsp3) is 0.867. The van der Waals surface area contributed by atoms with Crippen molar-refractivity contribution in [3.8, 4) is 0 Å². The highest BCUT2D eigenvalue weighted by molar-refractivity contribution is 4.91. The Kier molecular flexibility index (Phi) is 6.33. The minimum Gasteiger partial charge on any atom is -0.373 e. The van der Waals surface area contributed by atoms with Gasteiger partial charge >= 0.3 is 0 Å². The van der Waals surface area contributed by atoms with E-state index in [0.717, 1.165) is 12.8 Å². The van der Waals surface area contributed by atoms with Crippen molar-refractivity contribution < 1.29 is 14.2 Å². The van der Waals surface area contributed by atoms with E-state index in [1.165, 1.54) is 0 Å². The molecule has 3 heteroatoms. The summed E-state index contributed by atoms with van der Waals surface area (Å²) >= 11 is 0. The summed E-state index contributed by atoms with van der Waals surface area (Å²) in [5, 5.41) is 0. The third-order valence-electron chi connectivity index (χ3n) is 2.98. The Balaban J connectivity index is 2.69. The second kappa shape index (κ2) is 7.27. The molecule has 0 N–H and O–H groups in total. The van der Waals surface area contributed by atoms with Gasteiger partial charge in [0.25, 0.3) is 0 Å². The molecule has 18 heavy (non-hydrogen) atoms. The van der Waals surface area contributed by atoms with Gasteiger partial charge in [-0.1, -0.05) is 6.08 Å². The summed E-state index contributed by atoms with van der Waals surface area (Å²) in [5.74, 6) is 0. The molecule has 0 bridgehead atoms. The van der Waals surface area contributed by atoms with Crippen LogP contribution >= 0.6 is 0 Å². The van der Waals surface area contributed by atoms with Gasteiger partial charge in [-0.3, -0.25) is 0 Å². The van der Waals surface area contributed by atoms with E-state index in [1.807, 2.05) is 19.9 Å². The minimum absolute atomic E-state index is 0.0165. The SMILES string of the molecule is C=CC[C@@H](OC(C)C)[C@H]1O[C@@H](C)C[C@@H]1OC(C)C. The number of rotatable bonds is 7. The molecule has 1 heterocycles. The predicted molar refractivity (Wildman–Crippen MR) is 73.8 cm³/mol. The van der Waals surface area contributed by atoms with Gasteiger partial charge in [0, 0.05) is 6.42 Å². The monoisotopic (exact) mass is 256 g/mol. The molecule has 1 rings (SSSR count). The Hall–Kier alpha value is -0.380. The molecule has 1 aliphatic rings. The number of hydrogen-bond donors (Lipinski definition) is 0. The van der Waals surface area contributed by atoms with Crippen molar-refractivity contribution in [2.45, 2.75) is 84.1 Å². The van der Waals surface area contributed by atoms with Gasteiger partial charge in [-0.15, -0.1) is 6.58 Å². The maximum absolute atomic E-state index is 5.99. The third kappa shape index (κ3) is 4.71. The molecular weight excluding hydrogens is 228 g/mol. The van der Waals surface area contributed by atoms with Crippen molar-refractivity contribution in [2.75, 3.05) is 0 Å². The van der Waals surface area contributed by atoms with Crippen molar-refractivity contribution in [2.24, 2.45) is 0 Å². The Labute approximate surface area is 111 Å². The normalized spacial score (nSPS) is 30.1. The van der Waals surface area contributed by atoms with E-state index in [0.29, 0.717) is 0 Å². The maximum atomic E-state index is 5.99. The molecule has 0 aromatic heterocycles. The van der Waals surface area contributed by atoms with E-state index in [-0.39, 0.29) is 36.6 Å². The molecule has 0 aromatic rings. The topological polar surface area (TPSA) is 27.7 Å². The van der Waals surface area contributed by atoms with Crippen LogP contribution in [0.25, 0.3) is 0 Å². The summed E-state index contributed by atoms with van der Waals surface area (Å²) in [6.45, 7) is 14.1. The Morgan fingerprint density at radius 2 is 1.94 bits per heavy atom. The van der Waals surface area contributed by atoms with E-state index in [9.17, 15) is 0 Å². The Morgan fingerprint density at radius 3 is 2.44 bits per heavy atom. The molecule has 0 saturated carbocycles. The summed E-state index contributed by atoms with van der Waals surface area (Å²) in [6.07, 6.45) is 4.46. The van der Waals surface area contributed by atoms with Crippen LogP contribution in [-0.4, -0.2) is 36.6 Å².